The lowest BCUT2D eigenvalue weighted by Crippen LogP contribution is -2.41. The molecule has 0 spiro atoms. The van der Waals surface area contributed by atoms with Crippen LogP contribution in [0, 0.1) is 0 Å². The van der Waals surface area contributed by atoms with Crippen LogP contribution in [0.4, 0.5) is 0 Å². The van der Waals surface area contributed by atoms with Gasteiger partial charge in [0.1, 0.15) is 5.37 Å². The van der Waals surface area contributed by atoms with Crippen molar-refractivity contribution in [3.8, 4) is 0 Å². The van der Waals surface area contributed by atoms with Gasteiger partial charge >= 0.3 is 0 Å². The molecule has 1 amide bonds. The Morgan fingerprint density at radius 3 is 2.09 bits per heavy atom. The van der Waals surface area contributed by atoms with Gasteiger partial charge in [-0.05, 0) is 17.7 Å². The molecule has 2 nitrogen and oxygen atoms in total. The van der Waals surface area contributed by atoms with Crippen molar-refractivity contribution < 1.29 is 4.79 Å². The van der Waals surface area contributed by atoms with Crippen LogP contribution < -0.4 is 5.32 Å². The number of carbonyl (C=O) groups excluding carboxylic acids is 1. The Labute approximate surface area is 149 Å². The topological polar surface area (TPSA) is 29.1 Å². The predicted octanol–water partition coefficient (Wildman–Crippen LogP) is 5.05. The first-order valence-electron chi connectivity index (χ1n) is 6.55. The second kappa shape index (κ2) is 8.11. The van der Waals surface area contributed by atoms with E-state index in [2.05, 4.69) is 5.32 Å². The molecule has 0 fully saturated rings. The van der Waals surface area contributed by atoms with Gasteiger partial charge in [-0.3, -0.25) is 4.79 Å². The van der Waals surface area contributed by atoms with Crippen LogP contribution in [0.15, 0.2) is 60.7 Å². The summed E-state index contributed by atoms with van der Waals surface area (Å²) in [6, 6.07) is 18.7. The van der Waals surface area contributed by atoms with Gasteiger partial charge in [-0.2, -0.15) is 0 Å². The second-order valence-electron chi connectivity index (χ2n) is 4.56. The first-order valence-corrected chi connectivity index (χ1v) is 8.73. The Hall–Kier alpha value is -0.870. The van der Waals surface area contributed by atoms with Gasteiger partial charge in [-0.1, -0.05) is 83.3 Å². The van der Waals surface area contributed by atoms with Gasteiger partial charge in [0, 0.05) is 11.3 Å². The summed E-state index contributed by atoms with van der Waals surface area (Å²) in [7, 11) is 0. The van der Waals surface area contributed by atoms with Crippen molar-refractivity contribution in [1.82, 2.24) is 5.32 Å². The maximum Gasteiger partial charge on any atom is 0.252 e. The minimum absolute atomic E-state index is 0.266. The molecule has 0 saturated carbocycles. The number of benzene rings is 2. The Bertz CT molecular complexity index is 602. The number of rotatable bonds is 5. The molecular formula is C16H14Cl3NOS. The highest BCUT2D eigenvalue weighted by molar-refractivity contribution is 7.99. The summed E-state index contributed by atoms with van der Waals surface area (Å²) < 4.78 is -1.59. The summed E-state index contributed by atoms with van der Waals surface area (Å²) in [6.07, 6.45) is 0. The van der Waals surface area contributed by atoms with Gasteiger partial charge in [0.15, 0.2) is 0 Å². The fourth-order valence-electron chi connectivity index (χ4n) is 1.76. The number of alkyl halides is 3. The van der Waals surface area contributed by atoms with Gasteiger partial charge in [0.2, 0.25) is 3.79 Å². The monoisotopic (exact) mass is 373 g/mol. The van der Waals surface area contributed by atoms with Crippen molar-refractivity contribution in [2.24, 2.45) is 0 Å². The number of nitrogens with one attached hydrogen (secondary N) is 1. The maximum atomic E-state index is 12.2. The Morgan fingerprint density at radius 1 is 1.00 bits per heavy atom. The zero-order valence-electron chi connectivity index (χ0n) is 11.5. The highest BCUT2D eigenvalue weighted by atomic mass is 35.6. The molecule has 0 aliphatic carbocycles. The molecule has 0 heterocycles. The molecule has 6 heteroatoms. The Balaban J connectivity index is 2.02. The third-order valence-corrected chi connectivity index (χ3v) is 5.20. The number of thioether (sulfide) groups is 1. The third-order valence-electron chi connectivity index (χ3n) is 2.85. The van der Waals surface area contributed by atoms with Crippen molar-refractivity contribution in [2.75, 3.05) is 0 Å². The molecule has 0 aliphatic heterocycles. The van der Waals surface area contributed by atoms with Crippen LogP contribution in [0.1, 0.15) is 15.9 Å². The number of carbonyl (C=O) groups is 1. The Morgan fingerprint density at radius 2 is 1.55 bits per heavy atom. The number of hydrogen-bond acceptors (Lipinski definition) is 2. The van der Waals surface area contributed by atoms with E-state index in [0.717, 1.165) is 5.56 Å². The van der Waals surface area contributed by atoms with E-state index in [1.165, 1.54) is 11.8 Å². The van der Waals surface area contributed by atoms with Crippen molar-refractivity contribution in [3.63, 3.8) is 0 Å². The fraction of sp³-hybridized carbons (Fsp3) is 0.188. The van der Waals surface area contributed by atoms with Gasteiger partial charge in [0.05, 0.1) is 0 Å². The molecule has 0 radical (unpaired) electrons. The minimum atomic E-state index is -1.59. The summed E-state index contributed by atoms with van der Waals surface area (Å²) in [6.45, 7) is 0. The van der Waals surface area contributed by atoms with E-state index < -0.39 is 9.17 Å². The van der Waals surface area contributed by atoms with Crippen molar-refractivity contribution in [2.45, 2.75) is 14.9 Å². The number of amides is 1. The molecule has 0 aromatic heterocycles. The van der Waals surface area contributed by atoms with E-state index in [0.29, 0.717) is 11.3 Å². The minimum Gasteiger partial charge on any atom is -0.336 e. The molecule has 2 rings (SSSR count). The van der Waals surface area contributed by atoms with Crippen LogP contribution in [0.25, 0.3) is 0 Å². The van der Waals surface area contributed by atoms with Gasteiger partial charge in [-0.25, -0.2) is 0 Å². The molecule has 1 N–H and O–H groups in total. The summed E-state index contributed by atoms with van der Waals surface area (Å²) in [5.41, 5.74) is 1.63. The average molecular weight is 375 g/mol. The van der Waals surface area contributed by atoms with E-state index in [1.54, 1.807) is 24.3 Å². The lowest BCUT2D eigenvalue weighted by molar-refractivity contribution is 0.0950. The zero-order valence-corrected chi connectivity index (χ0v) is 14.6. The fourth-order valence-corrected chi connectivity index (χ4v) is 3.43. The van der Waals surface area contributed by atoms with Crippen LogP contribution in [0.2, 0.25) is 0 Å². The molecular weight excluding hydrogens is 361 g/mol. The van der Waals surface area contributed by atoms with Gasteiger partial charge < -0.3 is 5.32 Å². The van der Waals surface area contributed by atoms with E-state index in [4.69, 9.17) is 34.8 Å². The SMILES string of the molecule is O=C(N[C@@H](SCc1ccccc1)C(Cl)(Cl)Cl)c1ccccc1. The molecule has 2 aromatic rings. The highest BCUT2D eigenvalue weighted by Crippen LogP contribution is 2.37. The lowest BCUT2D eigenvalue weighted by Gasteiger charge is -2.25. The molecule has 0 bridgehead atoms. The molecule has 1 atom stereocenters. The van der Waals surface area contributed by atoms with Crippen molar-refractivity contribution in [1.29, 1.82) is 0 Å². The smallest absolute Gasteiger partial charge is 0.252 e. The molecule has 22 heavy (non-hydrogen) atoms. The number of halogens is 3. The molecule has 116 valence electrons. The summed E-state index contributed by atoms with van der Waals surface area (Å²) >= 11 is 19.4. The predicted molar refractivity (Wildman–Crippen MR) is 95.7 cm³/mol. The normalized spacial score (nSPS) is 12.7. The van der Waals surface area contributed by atoms with E-state index in [9.17, 15) is 4.79 Å². The Kier molecular flexibility index (Phi) is 6.45. The first kappa shape index (κ1) is 17.5. The molecule has 0 aliphatic rings. The van der Waals surface area contributed by atoms with E-state index in [-0.39, 0.29) is 5.91 Å². The molecule has 0 saturated heterocycles. The first-order chi connectivity index (χ1) is 10.5. The lowest BCUT2D eigenvalue weighted by atomic mass is 10.2. The third kappa shape index (κ3) is 5.40. The summed E-state index contributed by atoms with van der Waals surface area (Å²) in [4.78, 5) is 12.2. The van der Waals surface area contributed by atoms with Crippen molar-refractivity contribution in [3.05, 3.63) is 71.8 Å². The van der Waals surface area contributed by atoms with E-state index >= 15 is 0 Å². The van der Waals surface area contributed by atoms with Crippen LogP contribution in [0.5, 0.6) is 0 Å². The zero-order chi connectivity index (χ0) is 16.0. The maximum absolute atomic E-state index is 12.2. The summed E-state index contributed by atoms with van der Waals surface area (Å²) in [5, 5.41) is 2.12. The van der Waals surface area contributed by atoms with E-state index in [1.807, 2.05) is 36.4 Å². The van der Waals surface area contributed by atoms with Crippen LogP contribution >= 0.6 is 46.6 Å². The number of hydrogen-bond donors (Lipinski definition) is 1. The highest BCUT2D eigenvalue weighted by Gasteiger charge is 2.34. The standard InChI is InChI=1S/C16H14Cl3NOS/c17-16(18,19)15(22-11-12-7-3-1-4-8-12)20-14(21)13-9-5-2-6-10-13/h1-10,15H,11H2,(H,20,21)/t15-/m0/s1. The van der Waals surface area contributed by atoms with Crippen LogP contribution in [0.3, 0.4) is 0 Å². The van der Waals surface area contributed by atoms with Gasteiger partial charge in [0.25, 0.3) is 5.91 Å². The van der Waals surface area contributed by atoms with Gasteiger partial charge in [-0.15, -0.1) is 11.8 Å². The second-order valence-corrected chi connectivity index (χ2v) is 8.02. The van der Waals surface area contributed by atoms with Crippen LogP contribution in [-0.4, -0.2) is 15.1 Å². The van der Waals surface area contributed by atoms with Crippen molar-refractivity contribution >= 4 is 52.5 Å². The quantitative estimate of drug-likeness (QED) is 0.586. The average Bonchev–Trinajstić information content (AvgIpc) is 2.52. The largest absolute Gasteiger partial charge is 0.336 e. The molecule has 0 unspecified atom stereocenters. The molecule has 2 aromatic carbocycles. The summed E-state index contributed by atoms with van der Waals surface area (Å²) in [5.74, 6) is 0.367. The van der Waals surface area contributed by atoms with Crippen LogP contribution in [-0.2, 0) is 5.75 Å².